The summed E-state index contributed by atoms with van der Waals surface area (Å²) in [6.45, 7) is 16.3. The second-order valence-electron chi connectivity index (χ2n) is 19.2. The van der Waals surface area contributed by atoms with Crippen molar-refractivity contribution in [1.29, 1.82) is 0 Å². The molecule has 18 atom stereocenters. The first kappa shape index (κ1) is 38.1. The molecule has 2 saturated heterocycles. The van der Waals surface area contributed by atoms with E-state index in [-0.39, 0.29) is 58.8 Å². The van der Waals surface area contributed by atoms with Gasteiger partial charge < -0.3 is 49.6 Å². The van der Waals surface area contributed by atoms with Crippen molar-refractivity contribution >= 4 is 5.97 Å². The van der Waals surface area contributed by atoms with E-state index >= 15 is 0 Å². The molecule has 0 bridgehead atoms. The molecule has 0 spiro atoms. The molecule has 11 heteroatoms. The van der Waals surface area contributed by atoms with Crippen molar-refractivity contribution in [3.05, 3.63) is 11.6 Å². The second-order valence-corrected chi connectivity index (χ2v) is 19.2. The number of allylic oxidation sites excluding steroid dienone is 2. The first-order valence-electron chi connectivity index (χ1n) is 19.7. The van der Waals surface area contributed by atoms with Gasteiger partial charge in [0.25, 0.3) is 0 Å². The van der Waals surface area contributed by atoms with E-state index < -0.39 is 54.6 Å². The molecule has 0 aromatic carbocycles. The Balaban J connectivity index is 1.17. The summed E-state index contributed by atoms with van der Waals surface area (Å²) in [4.78, 5) is 14.4. The SMILES string of the molecule is C[C@@H]1CC[C@]2(C(=O)O[C@@H]3OC[C@H](O)[C@H](O)[C@H]3O)CC[C@]3(C)C(=CC[C@@H]4[C@@]5(C)CC[C@H](O[C@@H]6OC[C@H](O)[C@H](O)[C@H]6O)C(C)(C)[C@@H]5CC[C@]43C)C2[C@H]1C. The van der Waals surface area contributed by atoms with Crippen LogP contribution < -0.4 is 0 Å². The third-order valence-corrected chi connectivity index (χ3v) is 16.8. The number of esters is 1. The third-order valence-electron chi connectivity index (χ3n) is 16.8. The minimum absolute atomic E-state index is 0.00553. The average Bonchev–Trinajstić information content (AvgIpc) is 3.08. The summed E-state index contributed by atoms with van der Waals surface area (Å²) >= 11 is 0. The fourth-order valence-electron chi connectivity index (χ4n) is 13.2. The van der Waals surface area contributed by atoms with Crippen LogP contribution >= 0.6 is 0 Å². The van der Waals surface area contributed by atoms with E-state index in [0.29, 0.717) is 30.6 Å². The molecule has 6 fully saturated rings. The Labute approximate surface area is 303 Å². The molecule has 0 radical (unpaired) electrons. The van der Waals surface area contributed by atoms with Gasteiger partial charge in [-0.05, 0) is 109 Å². The van der Waals surface area contributed by atoms with E-state index in [9.17, 15) is 35.4 Å². The van der Waals surface area contributed by atoms with E-state index in [2.05, 4.69) is 54.5 Å². The van der Waals surface area contributed by atoms with Gasteiger partial charge in [0.15, 0.2) is 6.29 Å². The van der Waals surface area contributed by atoms with Crippen LogP contribution in [0.25, 0.3) is 0 Å². The monoisotopic (exact) mass is 720 g/mol. The molecule has 5 aliphatic carbocycles. The summed E-state index contributed by atoms with van der Waals surface area (Å²) in [6.07, 6.45) is 0.0104. The Morgan fingerprint density at radius 2 is 1.37 bits per heavy atom. The van der Waals surface area contributed by atoms with E-state index in [4.69, 9.17) is 18.9 Å². The van der Waals surface area contributed by atoms with Crippen LogP contribution in [-0.4, -0.2) is 105 Å². The minimum atomic E-state index is -1.52. The summed E-state index contributed by atoms with van der Waals surface area (Å²) in [5, 5.41) is 61.9. The van der Waals surface area contributed by atoms with Gasteiger partial charge in [-0.1, -0.05) is 60.1 Å². The van der Waals surface area contributed by atoms with Crippen LogP contribution in [0, 0.1) is 56.7 Å². The number of rotatable bonds is 4. The van der Waals surface area contributed by atoms with Gasteiger partial charge in [-0.25, -0.2) is 0 Å². The molecule has 11 nitrogen and oxygen atoms in total. The number of ether oxygens (including phenoxy) is 4. The largest absolute Gasteiger partial charge is 0.432 e. The Bertz CT molecular complexity index is 1370. The number of aliphatic hydroxyl groups is 6. The van der Waals surface area contributed by atoms with Gasteiger partial charge >= 0.3 is 5.97 Å². The van der Waals surface area contributed by atoms with Gasteiger partial charge in [0.05, 0.1) is 24.7 Å². The average molecular weight is 721 g/mol. The summed E-state index contributed by atoms with van der Waals surface area (Å²) in [7, 11) is 0. The van der Waals surface area contributed by atoms with Crippen LogP contribution in [0.5, 0.6) is 0 Å². The molecular formula is C40H64O11. The highest BCUT2D eigenvalue weighted by Crippen LogP contribution is 2.76. The first-order valence-corrected chi connectivity index (χ1v) is 19.7. The number of hydrogen-bond acceptors (Lipinski definition) is 11. The maximum atomic E-state index is 14.4. The minimum Gasteiger partial charge on any atom is -0.432 e. The zero-order valence-electron chi connectivity index (χ0n) is 31.7. The van der Waals surface area contributed by atoms with E-state index in [0.717, 1.165) is 44.9 Å². The van der Waals surface area contributed by atoms with Crippen LogP contribution in [0.15, 0.2) is 11.6 Å². The number of hydrogen-bond donors (Lipinski definition) is 6. The molecule has 1 unspecified atom stereocenters. The van der Waals surface area contributed by atoms with Gasteiger partial charge in [0, 0.05) is 0 Å². The highest BCUT2D eigenvalue weighted by molar-refractivity contribution is 5.79. The Kier molecular flexibility index (Phi) is 9.70. The lowest BCUT2D eigenvalue weighted by Crippen LogP contribution is -2.66. The maximum Gasteiger partial charge on any atom is 0.315 e. The lowest BCUT2D eigenvalue weighted by molar-refractivity contribution is -0.308. The zero-order chi connectivity index (χ0) is 37.1. The smallest absolute Gasteiger partial charge is 0.315 e. The van der Waals surface area contributed by atoms with Crippen LogP contribution in [-0.2, 0) is 23.7 Å². The standard InChI is InChI=1S/C40H64O11/c1-20-10-15-40(35(47)51-34-32(46)30(44)24(42)19-49-34)17-16-38(6)22(28(40)21(20)2)8-9-26-37(5)13-12-27(36(3,4)25(37)11-14-39(26,38)7)50-33-31(45)29(43)23(41)18-48-33/h8,20-21,23-34,41-46H,9-19H2,1-7H3/t20-,21+,23+,24+,25+,26-,27+,28?,29+,30+,31-,32-,33+,34+,37+,38-,39-,40+/m1/s1. The molecule has 0 aromatic rings. The van der Waals surface area contributed by atoms with Gasteiger partial charge in [0.2, 0.25) is 6.29 Å². The quantitative estimate of drug-likeness (QED) is 0.143. The Hall–Kier alpha value is -1.15. The number of fused-ring (bicyclic) bond motifs is 7. The van der Waals surface area contributed by atoms with Crippen molar-refractivity contribution in [3.8, 4) is 0 Å². The van der Waals surface area contributed by atoms with Crippen molar-refractivity contribution < 1.29 is 54.4 Å². The molecule has 4 saturated carbocycles. The second kappa shape index (κ2) is 13.0. The van der Waals surface area contributed by atoms with E-state index in [1.807, 2.05) is 0 Å². The van der Waals surface area contributed by atoms with Crippen LogP contribution in [0.2, 0.25) is 0 Å². The maximum absolute atomic E-state index is 14.4. The predicted octanol–water partition coefficient (Wildman–Crippen LogP) is 3.45. The predicted molar refractivity (Wildman–Crippen MR) is 185 cm³/mol. The van der Waals surface area contributed by atoms with Crippen molar-refractivity contribution in [3.63, 3.8) is 0 Å². The molecule has 2 aliphatic heterocycles. The van der Waals surface area contributed by atoms with E-state index in [1.54, 1.807) is 0 Å². The van der Waals surface area contributed by atoms with Crippen molar-refractivity contribution in [2.75, 3.05) is 13.2 Å². The van der Waals surface area contributed by atoms with Crippen molar-refractivity contribution in [2.24, 2.45) is 56.7 Å². The van der Waals surface area contributed by atoms with Crippen molar-refractivity contribution in [2.45, 2.75) is 162 Å². The van der Waals surface area contributed by atoms with Gasteiger partial charge in [-0.2, -0.15) is 0 Å². The van der Waals surface area contributed by atoms with Crippen LogP contribution in [0.1, 0.15) is 106 Å². The topological polar surface area (TPSA) is 175 Å². The molecule has 51 heavy (non-hydrogen) atoms. The normalized spacial score (nSPS) is 55.3. The number of carbonyl (C=O) groups excluding carboxylic acids is 1. The summed E-state index contributed by atoms with van der Waals surface area (Å²) in [6, 6.07) is 0. The lowest BCUT2D eigenvalue weighted by Gasteiger charge is -2.71. The summed E-state index contributed by atoms with van der Waals surface area (Å²) < 4.78 is 23.7. The van der Waals surface area contributed by atoms with Gasteiger partial charge in [-0.3, -0.25) is 4.79 Å². The van der Waals surface area contributed by atoms with Gasteiger partial charge in [-0.15, -0.1) is 0 Å². The third kappa shape index (κ3) is 5.48. The molecule has 290 valence electrons. The molecule has 0 amide bonds. The van der Waals surface area contributed by atoms with E-state index in [1.165, 1.54) is 5.57 Å². The molecular weight excluding hydrogens is 656 g/mol. The first-order chi connectivity index (χ1) is 23.8. The molecule has 7 aliphatic rings. The fourth-order valence-corrected chi connectivity index (χ4v) is 13.2. The lowest BCUT2D eigenvalue weighted by atomic mass is 9.33. The number of aliphatic hydroxyl groups excluding tert-OH is 6. The van der Waals surface area contributed by atoms with Crippen molar-refractivity contribution in [1.82, 2.24) is 0 Å². The highest BCUT2D eigenvalue weighted by atomic mass is 16.7. The fraction of sp³-hybridized carbons (Fsp3) is 0.925. The van der Waals surface area contributed by atoms with Crippen LogP contribution in [0.3, 0.4) is 0 Å². The molecule has 2 heterocycles. The summed E-state index contributed by atoms with van der Waals surface area (Å²) in [5.74, 6) is 1.08. The summed E-state index contributed by atoms with van der Waals surface area (Å²) in [5.41, 5.74) is 0.317. The number of carbonyl (C=O) groups is 1. The van der Waals surface area contributed by atoms with Gasteiger partial charge in [0.1, 0.15) is 36.6 Å². The highest BCUT2D eigenvalue weighted by Gasteiger charge is 2.70. The van der Waals surface area contributed by atoms with Crippen LogP contribution in [0.4, 0.5) is 0 Å². The molecule has 0 aromatic heterocycles. The molecule has 7 rings (SSSR count). The molecule has 6 N–H and O–H groups in total. The zero-order valence-corrected chi connectivity index (χ0v) is 31.7. The Morgan fingerprint density at radius 1 is 0.745 bits per heavy atom. The Morgan fingerprint density at radius 3 is 2.04 bits per heavy atom.